The number of quaternary nitrogens is 1. The van der Waals surface area contributed by atoms with E-state index in [2.05, 4.69) is 35.7 Å². The molecule has 0 saturated heterocycles. The Bertz CT molecular complexity index is 677. The van der Waals surface area contributed by atoms with Gasteiger partial charge in [0.05, 0.1) is 31.9 Å². The number of hydrogen-bond donors (Lipinski definition) is 0. The minimum absolute atomic E-state index is 0.0719. The molecule has 190 valence electrons. The molecule has 0 N–H and O–H groups in total. The van der Waals surface area contributed by atoms with Gasteiger partial charge in [-0.3, -0.25) is 9.28 Å². The number of hydrogen-bond acceptors (Lipinski definition) is 6. The van der Waals surface area contributed by atoms with Crippen molar-refractivity contribution in [2.75, 3.05) is 33.5 Å². The molecule has 1 aromatic heterocycles. The first kappa shape index (κ1) is 29.6. The number of carbonyl (C=O) groups is 1. The van der Waals surface area contributed by atoms with E-state index < -0.39 is 0 Å². The summed E-state index contributed by atoms with van der Waals surface area (Å²) in [4.78, 5) is 12.2. The van der Waals surface area contributed by atoms with Crippen molar-refractivity contribution < 1.29 is 18.8 Å². The van der Waals surface area contributed by atoms with E-state index >= 15 is 0 Å². The SMILES string of the molecule is CC.CCCCCCCCC(=O)OC[N+]1(C)CCC=C(c2nsnc2OCCCCCC)C1. The number of nitrogens with zero attached hydrogens (tertiary/aromatic N) is 3. The molecule has 0 bridgehead atoms. The zero-order valence-corrected chi connectivity index (χ0v) is 22.7. The second-order valence-electron chi connectivity index (χ2n) is 9.01. The van der Waals surface area contributed by atoms with Crippen LogP contribution in [0.2, 0.25) is 0 Å². The monoisotopic (exact) mass is 482 g/mol. The third-order valence-corrected chi connectivity index (χ3v) is 6.39. The van der Waals surface area contributed by atoms with Gasteiger partial charge in [0.1, 0.15) is 12.2 Å². The van der Waals surface area contributed by atoms with Crippen LogP contribution in [0, 0.1) is 0 Å². The van der Waals surface area contributed by atoms with E-state index in [0.29, 0.717) is 30.1 Å². The summed E-state index contributed by atoms with van der Waals surface area (Å²) in [6.45, 7) is 11.3. The van der Waals surface area contributed by atoms with Crippen molar-refractivity contribution in [3.05, 3.63) is 11.8 Å². The Morgan fingerprint density at radius 3 is 2.39 bits per heavy atom. The van der Waals surface area contributed by atoms with Crippen molar-refractivity contribution in [2.24, 2.45) is 0 Å². The van der Waals surface area contributed by atoms with Gasteiger partial charge in [-0.25, -0.2) is 0 Å². The highest BCUT2D eigenvalue weighted by atomic mass is 32.1. The minimum Gasteiger partial charge on any atom is -0.475 e. The van der Waals surface area contributed by atoms with E-state index in [-0.39, 0.29) is 5.97 Å². The largest absolute Gasteiger partial charge is 0.475 e. The van der Waals surface area contributed by atoms with Gasteiger partial charge < -0.3 is 9.47 Å². The van der Waals surface area contributed by atoms with Crippen molar-refractivity contribution in [1.29, 1.82) is 0 Å². The van der Waals surface area contributed by atoms with Gasteiger partial charge in [0, 0.05) is 18.4 Å². The molecule has 0 aromatic carbocycles. The maximum Gasteiger partial charge on any atom is 0.310 e. The van der Waals surface area contributed by atoms with Crippen molar-refractivity contribution in [1.82, 2.24) is 8.75 Å². The Morgan fingerprint density at radius 1 is 1.00 bits per heavy atom. The van der Waals surface area contributed by atoms with E-state index in [9.17, 15) is 4.79 Å². The van der Waals surface area contributed by atoms with Crippen LogP contribution in [-0.4, -0.2) is 52.7 Å². The summed E-state index contributed by atoms with van der Waals surface area (Å²) >= 11 is 1.20. The smallest absolute Gasteiger partial charge is 0.310 e. The molecule has 2 heterocycles. The predicted molar refractivity (Wildman–Crippen MR) is 138 cm³/mol. The third-order valence-electron chi connectivity index (χ3n) is 5.88. The quantitative estimate of drug-likeness (QED) is 0.144. The van der Waals surface area contributed by atoms with Gasteiger partial charge in [0.25, 0.3) is 5.88 Å². The maximum atomic E-state index is 12.2. The van der Waals surface area contributed by atoms with Crippen LogP contribution in [0.4, 0.5) is 0 Å². The molecule has 0 aliphatic carbocycles. The number of likely N-dealkylation sites (N-methyl/N-ethyl adjacent to an activating group) is 1. The first-order valence-electron chi connectivity index (χ1n) is 13.2. The van der Waals surface area contributed by atoms with E-state index in [1.54, 1.807) is 0 Å². The first-order valence-corrected chi connectivity index (χ1v) is 13.9. The molecule has 7 heteroatoms. The van der Waals surface area contributed by atoms with Gasteiger partial charge in [-0.05, 0) is 12.8 Å². The molecule has 1 atom stereocenters. The lowest BCUT2D eigenvalue weighted by Gasteiger charge is -2.36. The van der Waals surface area contributed by atoms with E-state index in [0.717, 1.165) is 50.0 Å². The summed E-state index contributed by atoms with van der Waals surface area (Å²) in [5.74, 6) is 0.582. The highest BCUT2D eigenvalue weighted by molar-refractivity contribution is 6.99. The molecule has 0 amide bonds. The number of rotatable bonds is 16. The molecule has 0 saturated carbocycles. The summed E-state index contributed by atoms with van der Waals surface area (Å²) in [5.41, 5.74) is 2.01. The van der Waals surface area contributed by atoms with E-state index in [4.69, 9.17) is 9.47 Å². The number of aromatic nitrogens is 2. The summed E-state index contributed by atoms with van der Waals surface area (Å²) in [6, 6.07) is 0. The fourth-order valence-corrected chi connectivity index (χ4v) is 4.44. The average molecular weight is 483 g/mol. The molecule has 1 unspecified atom stereocenters. The van der Waals surface area contributed by atoms with Crippen molar-refractivity contribution in [2.45, 2.75) is 105 Å². The molecule has 2 rings (SSSR count). The van der Waals surface area contributed by atoms with Gasteiger partial charge >= 0.3 is 5.97 Å². The highest BCUT2D eigenvalue weighted by Crippen LogP contribution is 2.30. The topological polar surface area (TPSA) is 61.3 Å². The molecule has 0 spiro atoms. The van der Waals surface area contributed by atoms with E-state index in [1.807, 2.05) is 13.8 Å². The van der Waals surface area contributed by atoms with Gasteiger partial charge in [0.2, 0.25) is 6.73 Å². The van der Waals surface area contributed by atoms with Crippen LogP contribution < -0.4 is 4.74 Å². The van der Waals surface area contributed by atoms with Crippen LogP contribution in [0.15, 0.2) is 6.08 Å². The lowest BCUT2D eigenvalue weighted by Crippen LogP contribution is -2.49. The zero-order chi connectivity index (χ0) is 24.4. The number of ether oxygens (including phenoxy) is 2. The highest BCUT2D eigenvalue weighted by Gasteiger charge is 2.31. The summed E-state index contributed by atoms with van der Waals surface area (Å²) in [5, 5.41) is 0. The Hall–Kier alpha value is -1.47. The molecular weight excluding hydrogens is 434 g/mol. The first-order chi connectivity index (χ1) is 16.1. The predicted octanol–water partition coefficient (Wildman–Crippen LogP) is 7.01. The number of unbranched alkanes of at least 4 members (excludes halogenated alkanes) is 8. The fourth-order valence-electron chi connectivity index (χ4n) is 3.91. The van der Waals surface area contributed by atoms with Gasteiger partial charge in [-0.1, -0.05) is 85.1 Å². The molecule has 1 aliphatic heterocycles. The molecule has 0 fully saturated rings. The summed E-state index contributed by atoms with van der Waals surface area (Å²) < 4.78 is 21.1. The number of esters is 1. The van der Waals surface area contributed by atoms with Crippen LogP contribution in [0.25, 0.3) is 5.57 Å². The molecular formula is C26H48N3O3S+. The molecule has 1 aliphatic rings. The second-order valence-corrected chi connectivity index (χ2v) is 9.54. The van der Waals surface area contributed by atoms with Crippen LogP contribution in [0.5, 0.6) is 5.88 Å². The van der Waals surface area contributed by atoms with Crippen LogP contribution in [0.3, 0.4) is 0 Å². The Morgan fingerprint density at radius 2 is 1.67 bits per heavy atom. The normalized spacial score (nSPS) is 17.7. The molecule has 1 aromatic rings. The van der Waals surface area contributed by atoms with Gasteiger partial charge in [-0.15, -0.1) is 4.37 Å². The fraction of sp³-hybridized carbons (Fsp3) is 0.808. The maximum absolute atomic E-state index is 12.2. The lowest BCUT2D eigenvalue weighted by molar-refractivity contribution is -0.919. The Balaban J connectivity index is 0.00000265. The molecule has 0 radical (unpaired) electrons. The van der Waals surface area contributed by atoms with Crippen molar-refractivity contribution in [3.8, 4) is 5.88 Å². The van der Waals surface area contributed by atoms with Crippen molar-refractivity contribution >= 4 is 23.3 Å². The standard InChI is InChI=1S/C24H42N3O3S.C2H6/c1-4-6-8-10-11-12-16-22(28)30-20-27(3)17-14-15-21(19-27)23-24(26-31-25-23)29-18-13-9-7-5-2;1-2/h15H,4-14,16-20H2,1-3H3;1-2H3/q+1;. The Labute approximate surface area is 206 Å². The van der Waals surface area contributed by atoms with Crippen molar-refractivity contribution in [3.63, 3.8) is 0 Å². The third kappa shape index (κ3) is 12.0. The van der Waals surface area contributed by atoms with Gasteiger partial charge in [0.15, 0.2) is 0 Å². The summed E-state index contributed by atoms with van der Waals surface area (Å²) in [7, 11) is 2.15. The van der Waals surface area contributed by atoms with Crippen LogP contribution in [-0.2, 0) is 9.53 Å². The van der Waals surface area contributed by atoms with Gasteiger partial charge in [-0.2, -0.15) is 4.37 Å². The summed E-state index contributed by atoms with van der Waals surface area (Å²) in [6.07, 6.45) is 15.5. The van der Waals surface area contributed by atoms with Crippen LogP contribution in [0.1, 0.15) is 110 Å². The Kier molecular flexibility index (Phi) is 16.1. The molecule has 33 heavy (non-hydrogen) atoms. The van der Waals surface area contributed by atoms with E-state index in [1.165, 1.54) is 56.7 Å². The molecule has 6 nitrogen and oxygen atoms in total. The van der Waals surface area contributed by atoms with Crippen LogP contribution >= 0.6 is 11.7 Å². The lowest BCUT2D eigenvalue weighted by atomic mass is 10.1. The minimum atomic E-state index is -0.0719. The zero-order valence-electron chi connectivity index (χ0n) is 21.9. The number of carbonyl (C=O) groups excluding carboxylic acids is 1. The average Bonchev–Trinajstić information content (AvgIpc) is 3.30. The second kappa shape index (κ2) is 17.9.